The van der Waals surface area contributed by atoms with Gasteiger partial charge in [-0.2, -0.15) is 0 Å². The highest BCUT2D eigenvalue weighted by molar-refractivity contribution is 7.02. The van der Waals surface area contributed by atoms with Crippen LogP contribution in [0.1, 0.15) is 11.1 Å². The molecule has 0 unspecified atom stereocenters. The van der Waals surface area contributed by atoms with Crippen LogP contribution in [0.25, 0.3) is 55.0 Å². The van der Waals surface area contributed by atoms with E-state index in [4.69, 9.17) is 4.74 Å². The first-order chi connectivity index (χ1) is 41.4. The first kappa shape index (κ1) is 47.1. The zero-order chi connectivity index (χ0) is 55.6. The lowest BCUT2D eigenvalue weighted by molar-refractivity contribution is 0.487. The minimum atomic E-state index is -0.648. The van der Waals surface area contributed by atoms with Crippen molar-refractivity contribution in [2.24, 2.45) is 0 Å². The Morgan fingerprint density at radius 2 is 0.786 bits per heavy atom. The Bertz CT molecular complexity index is 5150. The Morgan fingerprint density at radius 1 is 0.321 bits per heavy atom. The molecule has 0 radical (unpaired) electrons. The quantitative estimate of drug-likeness (QED) is 0.161. The highest BCUT2D eigenvalue weighted by Crippen LogP contribution is 2.50. The summed E-state index contributed by atoms with van der Waals surface area (Å²) in [7, 11) is 0. The molecule has 0 spiro atoms. The van der Waals surface area contributed by atoms with E-state index in [1.165, 1.54) is 34.5 Å². The number of benzene rings is 12. The van der Waals surface area contributed by atoms with Crippen molar-refractivity contribution in [3.63, 3.8) is 0 Å². The fourth-order valence-corrected chi connectivity index (χ4v) is 15.0. The molecule has 6 heterocycles. The average Bonchev–Trinajstić information content (AvgIpc) is 0.903. The number of para-hydroxylation sites is 7. The molecule has 0 saturated heterocycles. The SMILES string of the molecule is Cc1cccc2c1c1ccccc1n2-c1cc2c3c(c1)N(c1ccccc1)c1cc4c(cc1B3c1ccccc1O2)B1c2ccccc2N(c2c(F)cccc2F)c2cc(-n3c5ccccc5c5c(C)cccc53)cc(c21)N4c1ccccc1. The summed E-state index contributed by atoms with van der Waals surface area (Å²) in [6.07, 6.45) is 0. The van der Waals surface area contributed by atoms with Gasteiger partial charge in [-0.15, -0.1) is 0 Å². The summed E-state index contributed by atoms with van der Waals surface area (Å²) in [5.74, 6) is 0.311. The number of hydrogen-bond donors (Lipinski definition) is 0. The minimum absolute atomic E-state index is 0.125. The molecular formula is C74H47B2F2N5O. The van der Waals surface area contributed by atoms with Crippen molar-refractivity contribution in [3.8, 4) is 22.9 Å². The predicted molar refractivity (Wildman–Crippen MR) is 344 cm³/mol. The lowest BCUT2D eigenvalue weighted by Gasteiger charge is -2.46. The van der Waals surface area contributed by atoms with Crippen LogP contribution in [0.3, 0.4) is 0 Å². The number of halogens is 2. The molecule has 0 fully saturated rings. The lowest BCUT2D eigenvalue weighted by atomic mass is 9.30. The number of anilines is 9. The van der Waals surface area contributed by atoms with Gasteiger partial charge < -0.3 is 28.6 Å². The van der Waals surface area contributed by atoms with Crippen molar-refractivity contribution in [3.05, 3.63) is 271 Å². The van der Waals surface area contributed by atoms with E-state index in [0.717, 1.165) is 128 Å². The molecule has 0 amide bonds. The molecule has 14 aromatic rings. The zero-order valence-corrected chi connectivity index (χ0v) is 45.7. The van der Waals surface area contributed by atoms with Crippen molar-refractivity contribution >= 4 is 141 Å². The second kappa shape index (κ2) is 17.5. The van der Waals surface area contributed by atoms with Gasteiger partial charge >= 0.3 is 0 Å². The van der Waals surface area contributed by atoms with Gasteiger partial charge in [0.25, 0.3) is 13.4 Å². The summed E-state index contributed by atoms with van der Waals surface area (Å²) in [5.41, 5.74) is 22.0. The van der Waals surface area contributed by atoms with E-state index in [-0.39, 0.29) is 19.1 Å². The number of aromatic nitrogens is 2. The Balaban J connectivity index is 0.972. The molecule has 0 N–H and O–H groups in total. The van der Waals surface area contributed by atoms with Gasteiger partial charge in [0.15, 0.2) is 0 Å². The Morgan fingerprint density at radius 3 is 1.39 bits per heavy atom. The molecule has 10 heteroatoms. The largest absolute Gasteiger partial charge is 0.458 e. The van der Waals surface area contributed by atoms with Gasteiger partial charge in [0.05, 0.1) is 33.4 Å². The zero-order valence-electron chi connectivity index (χ0n) is 45.7. The predicted octanol–water partition coefficient (Wildman–Crippen LogP) is 15.3. The standard InChI is InChI=1S/C74H47B2F2N5O/c1-44-20-17-35-61-70(44)50-26-9-13-32-58(50)81(61)48-38-65-72-66(39-48)83(74-56(77)30-19-31-57(74)78)60-34-15-11-28-52(60)75(72)54-42-55-64(43-63(54)79(65)46-22-5-3-6-23-46)80(47-24-7-4-8-25-47)67-40-49(41-69-73(67)76(55)53-29-12-16-37-68(53)84-69)82-59-33-14-10-27-51(59)71-45(2)21-18-36-62(71)82/h3-43H,1-2H3. The van der Waals surface area contributed by atoms with E-state index < -0.39 is 11.6 Å². The van der Waals surface area contributed by atoms with Crippen LogP contribution in [0.15, 0.2) is 249 Å². The van der Waals surface area contributed by atoms with Gasteiger partial charge in [-0.1, -0.05) is 146 Å². The second-order valence-corrected chi connectivity index (χ2v) is 22.7. The number of rotatable bonds is 5. The molecule has 4 aliphatic heterocycles. The highest BCUT2D eigenvalue weighted by Gasteiger charge is 2.48. The van der Waals surface area contributed by atoms with Crippen LogP contribution in [0, 0.1) is 25.5 Å². The molecule has 0 aliphatic carbocycles. The molecule has 2 aromatic heterocycles. The third kappa shape index (κ3) is 6.39. The molecule has 12 aromatic carbocycles. The molecule has 18 rings (SSSR count). The summed E-state index contributed by atoms with van der Waals surface area (Å²) in [6, 6.07) is 86.4. The summed E-state index contributed by atoms with van der Waals surface area (Å²) in [5, 5.41) is 4.72. The number of hydrogen-bond acceptors (Lipinski definition) is 4. The fourth-order valence-electron chi connectivity index (χ4n) is 15.0. The average molecular weight is 1080 g/mol. The van der Waals surface area contributed by atoms with Crippen LogP contribution in [-0.4, -0.2) is 22.6 Å². The van der Waals surface area contributed by atoms with Crippen molar-refractivity contribution in [2.45, 2.75) is 13.8 Å². The maximum Gasteiger partial charge on any atom is 0.256 e. The monoisotopic (exact) mass is 1080 g/mol. The lowest BCUT2D eigenvalue weighted by Crippen LogP contribution is -2.64. The topological polar surface area (TPSA) is 28.8 Å². The molecule has 394 valence electrons. The molecule has 84 heavy (non-hydrogen) atoms. The van der Waals surface area contributed by atoms with Crippen LogP contribution >= 0.6 is 0 Å². The van der Waals surface area contributed by atoms with Gasteiger partial charge in [-0.3, -0.25) is 0 Å². The molecule has 0 bridgehead atoms. The van der Waals surface area contributed by atoms with Gasteiger partial charge in [-0.25, -0.2) is 8.78 Å². The molecule has 6 nitrogen and oxygen atoms in total. The summed E-state index contributed by atoms with van der Waals surface area (Å²) in [6.45, 7) is 3.74. The van der Waals surface area contributed by atoms with Crippen molar-refractivity contribution in [2.75, 3.05) is 14.7 Å². The smallest absolute Gasteiger partial charge is 0.256 e. The van der Waals surface area contributed by atoms with E-state index in [9.17, 15) is 0 Å². The van der Waals surface area contributed by atoms with E-state index in [1.807, 2.05) is 17.0 Å². The first-order valence-corrected chi connectivity index (χ1v) is 28.7. The van der Waals surface area contributed by atoms with Crippen molar-refractivity contribution < 1.29 is 13.5 Å². The number of ether oxygens (including phenoxy) is 1. The fraction of sp³-hybridized carbons (Fsp3) is 0.0270. The van der Waals surface area contributed by atoms with Gasteiger partial charge in [0.1, 0.15) is 28.8 Å². The number of aryl methyl sites for hydroxylation is 2. The number of fused-ring (bicyclic) bond motifs is 14. The van der Waals surface area contributed by atoms with Gasteiger partial charge in [0.2, 0.25) is 0 Å². The van der Waals surface area contributed by atoms with Gasteiger partial charge in [-0.05, 0) is 155 Å². The third-order valence-electron chi connectivity index (χ3n) is 18.3. The van der Waals surface area contributed by atoms with E-state index in [0.29, 0.717) is 11.4 Å². The normalized spacial score (nSPS) is 13.5. The maximum absolute atomic E-state index is 17.0. The summed E-state index contributed by atoms with van der Waals surface area (Å²) in [4.78, 5) is 6.69. The van der Waals surface area contributed by atoms with Crippen molar-refractivity contribution in [1.29, 1.82) is 0 Å². The molecule has 0 saturated carbocycles. The number of nitrogens with zero attached hydrogens (tertiary/aromatic N) is 5. The Labute approximate surface area is 484 Å². The van der Waals surface area contributed by atoms with Crippen LogP contribution in [-0.2, 0) is 0 Å². The second-order valence-electron chi connectivity index (χ2n) is 22.7. The third-order valence-corrected chi connectivity index (χ3v) is 18.3. The van der Waals surface area contributed by atoms with Crippen LogP contribution in [0.2, 0.25) is 0 Å². The summed E-state index contributed by atoms with van der Waals surface area (Å²) >= 11 is 0. The Hall–Kier alpha value is -10.6. The Kier molecular flexibility index (Phi) is 9.80. The van der Waals surface area contributed by atoms with Crippen molar-refractivity contribution in [1.82, 2.24) is 9.13 Å². The van der Waals surface area contributed by atoms with Gasteiger partial charge in [0, 0.05) is 73.1 Å². The molecule has 0 atom stereocenters. The van der Waals surface area contributed by atoms with Crippen LogP contribution in [0.5, 0.6) is 11.5 Å². The van der Waals surface area contributed by atoms with E-state index >= 15 is 8.78 Å². The highest BCUT2D eigenvalue weighted by atomic mass is 19.1. The van der Waals surface area contributed by atoms with E-state index in [1.54, 1.807) is 0 Å². The maximum atomic E-state index is 17.0. The first-order valence-electron chi connectivity index (χ1n) is 28.7. The van der Waals surface area contributed by atoms with Crippen LogP contribution in [0.4, 0.5) is 60.0 Å². The summed E-state index contributed by atoms with van der Waals surface area (Å²) < 4.78 is 46.0. The molecule has 4 aliphatic rings. The van der Waals surface area contributed by atoms with Crippen LogP contribution < -0.4 is 52.2 Å². The molecular weight excluding hydrogens is 1030 g/mol. The minimum Gasteiger partial charge on any atom is -0.458 e. The van der Waals surface area contributed by atoms with E-state index in [2.05, 4.69) is 251 Å².